The van der Waals surface area contributed by atoms with Crippen LogP contribution in [0, 0.1) is 0 Å². The molecule has 1 rings (SSSR count). The third kappa shape index (κ3) is 7.10. The first-order chi connectivity index (χ1) is 11.6. The Morgan fingerprint density at radius 1 is 1.24 bits per heavy atom. The minimum Gasteiger partial charge on any atom is -0.335 e. The molecule has 0 fully saturated rings. The van der Waals surface area contributed by atoms with E-state index in [-0.39, 0.29) is 13.2 Å². The SMILES string of the molecule is CCOP(=O)(OCC)[C@@H](NC(=O)/C=C/c1ccccc1Cl)C(Cl)(Cl)Cl. The summed E-state index contributed by atoms with van der Waals surface area (Å²) in [4.78, 5) is 12.2. The van der Waals surface area contributed by atoms with Gasteiger partial charge < -0.3 is 14.4 Å². The number of alkyl halides is 3. The zero-order valence-electron chi connectivity index (χ0n) is 13.5. The Morgan fingerprint density at radius 2 is 1.80 bits per heavy atom. The molecule has 0 bridgehead atoms. The second kappa shape index (κ2) is 10.2. The van der Waals surface area contributed by atoms with Crippen LogP contribution >= 0.6 is 54.0 Å². The summed E-state index contributed by atoms with van der Waals surface area (Å²) in [6.45, 7) is 3.33. The van der Waals surface area contributed by atoms with E-state index in [1.54, 1.807) is 38.1 Å². The fraction of sp³-hybridized carbons (Fsp3) is 0.400. The Balaban J connectivity index is 3.00. The molecule has 0 saturated carbocycles. The zero-order valence-corrected chi connectivity index (χ0v) is 17.5. The van der Waals surface area contributed by atoms with Crippen LogP contribution in [0.3, 0.4) is 0 Å². The van der Waals surface area contributed by atoms with Gasteiger partial charge in [0.25, 0.3) is 0 Å². The highest BCUT2D eigenvalue weighted by atomic mass is 35.6. The van der Waals surface area contributed by atoms with E-state index >= 15 is 0 Å². The van der Waals surface area contributed by atoms with Gasteiger partial charge in [-0.05, 0) is 31.6 Å². The lowest BCUT2D eigenvalue weighted by Crippen LogP contribution is -2.43. The normalized spacial score (nSPS) is 13.8. The molecule has 1 aromatic rings. The lowest BCUT2D eigenvalue weighted by molar-refractivity contribution is -0.116. The van der Waals surface area contributed by atoms with Crippen molar-refractivity contribution in [3.8, 4) is 0 Å². The first-order valence-corrected chi connectivity index (χ1v) is 10.4. The molecule has 0 aliphatic rings. The monoisotopic (exact) mass is 447 g/mol. The molecule has 0 radical (unpaired) electrons. The van der Waals surface area contributed by atoms with Crippen LogP contribution in [0.5, 0.6) is 0 Å². The summed E-state index contributed by atoms with van der Waals surface area (Å²) in [6, 6.07) is 6.94. The quantitative estimate of drug-likeness (QED) is 0.327. The molecule has 140 valence electrons. The number of hydrogen-bond acceptors (Lipinski definition) is 4. The standard InChI is InChI=1S/C15H18Cl4NO4P/c1-3-23-25(22,24-4-2)14(15(17,18)19)20-13(21)10-9-11-7-5-6-8-12(11)16/h5-10,14H,3-4H2,1-2H3,(H,20,21)/b10-9+/t14-/m1/s1. The van der Waals surface area contributed by atoms with Crippen LogP contribution in [-0.4, -0.2) is 28.7 Å². The van der Waals surface area contributed by atoms with E-state index < -0.39 is 23.1 Å². The van der Waals surface area contributed by atoms with Gasteiger partial charge in [0.2, 0.25) is 9.70 Å². The summed E-state index contributed by atoms with van der Waals surface area (Å²) >= 11 is 23.7. The summed E-state index contributed by atoms with van der Waals surface area (Å²) in [7, 11) is -3.90. The number of benzene rings is 1. The van der Waals surface area contributed by atoms with Crippen molar-refractivity contribution in [2.45, 2.75) is 23.4 Å². The smallest absolute Gasteiger partial charge is 0.335 e. The average Bonchev–Trinajstić information content (AvgIpc) is 2.51. The van der Waals surface area contributed by atoms with Crippen molar-refractivity contribution in [3.05, 3.63) is 40.9 Å². The topological polar surface area (TPSA) is 64.6 Å². The Morgan fingerprint density at radius 3 is 2.28 bits per heavy atom. The van der Waals surface area contributed by atoms with E-state index in [2.05, 4.69) is 5.32 Å². The van der Waals surface area contributed by atoms with Crippen LogP contribution in [0.2, 0.25) is 5.02 Å². The molecule has 0 aromatic heterocycles. The first kappa shape index (κ1) is 22.8. The molecule has 0 unspecified atom stereocenters. The van der Waals surface area contributed by atoms with E-state index in [1.807, 2.05) is 0 Å². The van der Waals surface area contributed by atoms with Gasteiger partial charge in [0.05, 0.1) is 13.2 Å². The largest absolute Gasteiger partial charge is 0.357 e. The molecule has 0 saturated heterocycles. The number of amides is 1. The van der Waals surface area contributed by atoms with Crippen LogP contribution in [0.15, 0.2) is 30.3 Å². The lowest BCUT2D eigenvalue weighted by atomic mass is 10.2. The predicted molar refractivity (Wildman–Crippen MR) is 104 cm³/mol. The van der Waals surface area contributed by atoms with Gasteiger partial charge in [0.1, 0.15) is 0 Å². The van der Waals surface area contributed by atoms with Crippen molar-refractivity contribution < 1.29 is 18.4 Å². The molecular weight excluding hydrogens is 431 g/mol. The Hall–Kier alpha value is -0.260. The van der Waals surface area contributed by atoms with E-state index in [4.69, 9.17) is 55.5 Å². The van der Waals surface area contributed by atoms with Gasteiger partial charge in [-0.25, -0.2) is 0 Å². The van der Waals surface area contributed by atoms with E-state index in [0.29, 0.717) is 10.6 Å². The van der Waals surface area contributed by atoms with Crippen molar-refractivity contribution >= 4 is 66.0 Å². The lowest BCUT2D eigenvalue weighted by Gasteiger charge is -2.31. The van der Waals surface area contributed by atoms with Crippen LogP contribution in [0.1, 0.15) is 19.4 Å². The Labute approximate surface area is 167 Å². The van der Waals surface area contributed by atoms with Crippen LogP contribution < -0.4 is 5.32 Å². The predicted octanol–water partition coefficient (Wildman–Crippen LogP) is 5.43. The third-order valence-electron chi connectivity index (χ3n) is 2.84. The maximum atomic E-state index is 12.9. The Bertz CT molecular complexity index is 653. The summed E-state index contributed by atoms with van der Waals surface area (Å²) in [5, 5.41) is 2.85. The van der Waals surface area contributed by atoms with Crippen LogP contribution in [-0.2, 0) is 18.4 Å². The molecule has 1 amide bonds. The number of rotatable bonds is 8. The maximum absolute atomic E-state index is 12.9. The van der Waals surface area contributed by atoms with Gasteiger partial charge in [0.15, 0.2) is 5.78 Å². The molecule has 1 atom stereocenters. The van der Waals surface area contributed by atoms with Gasteiger partial charge in [0, 0.05) is 11.1 Å². The summed E-state index contributed by atoms with van der Waals surface area (Å²) < 4.78 is 21.1. The maximum Gasteiger partial charge on any atom is 0.357 e. The van der Waals surface area contributed by atoms with Crippen molar-refractivity contribution in [2.24, 2.45) is 0 Å². The minimum absolute atomic E-state index is 0.0554. The molecule has 0 aliphatic heterocycles. The molecule has 0 heterocycles. The second-order valence-electron chi connectivity index (χ2n) is 4.68. The first-order valence-electron chi connectivity index (χ1n) is 7.32. The Kier molecular flexibility index (Phi) is 9.27. The summed E-state index contributed by atoms with van der Waals surface area (Å²) in [5.74, 6) is -2.12. The molecular formula is C15H18Cl4NO4P. The third-order valence-corrected chi connectivity index (χ3v) is 6.68. The number of halogens is 4. The summed E-state index contributed by atoms with van der Waals surface area (Å²) in [5.41, 5.74) is 0.627. The summed E-state index contributed by atoms with van der Waals surface area (Å²) in [6.07, 6.45) is 2.67. The number of carbonyl (C=O) groups is 1. The second-order valence-corrected chi connectivity index (χ2v) is 9.57. The van der Waals surface area contributed by atoms with Gasteiger partial charge in [-0.15, -0.1) is 0 Å². The molecule has 1 aromatic carbocycles. The van der Waals surface area contributed by atoms with Crippen LogP contribution in [0.25, 0.3) is 6.08 Å². The number of nitrogens with one attached hydrogen (secondary N) is 1. The van der Waals surface area contributed by atoms with E-state index in [0.717, 1.165) is 0 Å². The fourth-order valence-electron chi connectivity index (χ4n) is 1.84. The van der Waals surface area contributed by atoms with Gasteiger partial charge in [-0.1, -0.05) is 64.6 Å². The van der Waals surface area contributed by atoms with Gasteiger partial charge in [-0.2, -0.15) is 0 Å². The van der Waals surface area contributed by atoms with Crippen molar-refractivity contribution in [3.63, 3.8) is 0 Å². The van der Waals surface area contributed by atoms with E-state index in [9.17, 15) is 9.36 Å². The molecule has 5 nitrogen and oxygen atoms in total. The van der Waals surface area contributed by atoms with Crippen molar-refractivity contribution in [1.82, 2.24) is 5.32 Å². The number of carbonyl (C=O) groups excluding carboxylic acids is 1. The molecule has 0 aliphatic carbocycles. The van der Waals surface area contributed by atoms with E-state index in [1.165, 1.54) is 12.2 Å². The van der Waals surface area contributed by atoms with Crippen molar-refractivity contribution in [1.29, 1.82) is 0 Å². The average molecular weight is 449 g/mol. The van der Waals surface area contributed by atoms with Gasteiger partial charge in [-0.3, -0.25) is 9.36 Å². The molecule has 0 spiro atoms. The fourth-order valence-corrected chi connectivity index (χ4v) is 5.02. The highest BCUT2D eigenvalue weighted by Gasteiger charge is 2.49. The highest BCUT2D eigenvalue weighted by molar-refractivity contribution is 7.55. The van der Waals surface area contributed by atoms with Crippen LogP contribution in [0.4, 0.5) is 0 Å². The van der Waals surface area contributed by atoms with Gasteiger partial charge >= 0.3 is 7.60 Å². The molecule has 1 N–H and O–H groups in total. The highest BCUT2D eigenvalue weighted by Crippen LogP contribution is 2.58. The van der Waals surface area contributed by atoms with Crippen molar-refractivity contribution in [2.75, 3.05) is 13.2 Å². The number of hydrogen-bond donors (Lipinski definition) is 1. The molecule has 25 heavy (non-hydrogen) atoms. The zero-order chi connectivity index (χ0) is 19.1. The molecule has 10 heteroatoms. The minimum atomic E-state index is -3.90.